The Balaban J connectivity index is 2.01. The van der Waals surface area contributed by atoms with Crippen molar-refractivity contribution < 1.29 is 0 Å². The lowest BCUT2D eigenvalue weighted by Crippen LogP contribution is -2.32. The average Bonchev–Trinajstić information content (AvgIpc) is 2.52. The minimum atomic E-state index is 0.635. The molecule has 0 spiro atoms. The molecule has 3 N–H and O–H groups in total. The van der Waals surface area contributed by atoms with E-state index in [9.17, 15) is 0 Å². The molecule has 1 aliphatic carbocycles. The van der Waals surface area contributed by atoms with E-state index in [0.717, 1.165) is 19.1 Å². The first-order valence-electron chi connectivity index (χ1n) is 4.76. The van der Waals surface area contributed by atoms with Gasteiger partial charge in [-0.1, -0.05) is 19.8 Å². The first-order chi connectivity index (χ1) is 5.33. The van der Waals surface area contributed by atoms with Crippen molar-refractivity contribution in [2.75, 3.05) is 13.1 Å². The van der Waals surface area contributed by atoms with Gasteiger partial charge in [-0.25, -0.2) is 0 Å². The third-order valence-electron chi connectivity index (χ3n) is 2.51. The summed E-state index contributed by atoms with van der Waals surface area (Å²) in [5.41, 5.74) is 5.52. The smallest absolute Gasteiger partial charge is 0.00671 e. The van der Waals surface area contributed by atoms with Gasteiger partial charge in [0.2, 0.25) is 0 Å². The summed E-state index contributed by atoms with van der Waals surface area (Å²) in [7, 11) is 0. The summed E-state index contributed by atoms with van der Waals surface area (Å²) in [5.74, 6) is 0.635. The summed E-state index contributed by atoms with van der Waals surface area (Å²) in [4.78, 5) is 0. The molecular formula is C9H20N2. The molecule has 1 atom stereocenters. The summed E-state index contributed by atoms with van der Waals surface area (Å²) in [6.45, 7) is 4.10. The van der Waals surface area contributed by atoms with E-state index < -0.39 is 0 Å². The molecule has 0 amide bonds. The molecule has 1 rings (SSSR count). The topological polar surface area (TPSA) is 38.0 Å². The van der Waals surface area contributed by atoms with E-state index in [0.29, 0.717) is 5.92 Å². The summed E-state index contributed by atoms with van der Waals surface area (Å²) in [6.07, 6.45) is 5.57. The van der Waals surface area contributed by atoms with Crippen LogP contribution in [0.5, 0.6) is 0 Å². The molecule has 0 saturated heterocycles. The summed E-state index contributed by atoms with van der Waals surface area (Å²) in [5, 5.41) is 3.55. The Morgan fingerprint density at radius 1 is 1.45 bits per heavy atom. The van der Waals surface area contributed by atoms with Gasteiger partial charge in [-0.2, -0.15) is 0 Å². The monoisotopic (exact) mass is 156 g/mol. The zero-order valence-electron chi connectivity index (χ0n) is 7.47. The van der Waals surface area contributed by atoms with Gasteiger partial charge in [-0.15, -0.1) is 0 Å². The van der Waals surface area contributed by atoms with Crippen LogP contribution in [0.3, 0.4) is 0 Å². The fraction of sp³-hybridized carbons (Fsp3) is 1.00. The second-order valence-corrected chi connectivity index (χ2v) is 3.73. The number of nitrogens with one attached hydrogen (secondary N) is 1. The van der Waals surface area contributed by atoms with Gasteiger partial charge in [0.1, 0.15) is 0 Å². The quantitative estimate of drug-likeness (QED) is 0.640. The third kappa shape index (κ3) is 3.21. The minimum absolute atomic E-state index is 0.635. The molecule has 0 bridgehead atoms. The van der Waals surface area contributed by atoms with Gasteiger partial charge in [0, 0.05) is 6.04 Å². The lowest BCUT2D eigenvalue weighted by Gasteiger charge is -2.14. The Morgan fingerprint density at radius 3 is 2.64 bits per heavy atom. The van der Waals surface area contributed by atoms with Gasteiger partial charge in [0.15, 0.2) is 0 Å². The molecule has 1 fully saturated rings. The largest absolute Gasteiger partial charge is 0.330 e. The van der Waals surface area contributed by atoms with Gasteiger partial charge in [-0.05, 0) is 31.8 Å². The molecule has 1 unspecified atom stereocenters. The number of hydrogen-bond donors (Lipinski definition) is 2. The van der Waals surface area contributed by atoms with Gasteiger partial charge in [0.05, 0.1) is 0 Å². The average molecular weight is 156 g/mol. The van der Waals surface area contributed by atoms with Gasteiger partial charge < -0.3 is 11.1 Å². The molecule has 0 radical (unpaired) electrons. The van der Waals surface area contributed by atoms with Crippen molar-refractivity contribution in [3.05, 3.63) is 0 Å². The number of rotatable bonds is 4. The van der Waals surface area contributed by atoms with E-state index in [2.05, 4.69) is 12.2 Å². The van der Waals surface area contributed by atoms with Crippen molar-refractivity contribution in [2.45, 2.75) is 38.6 Å². The second-order valence-electron chi connectivity index (χ2n) is 3.73. The van der Waals surface area contributed by atoms with Crippen molar-refractivity contribution in [1.29, 1.82) is 0 Å². The van der Waals surface area contributed by atoms with Crippen LogP contribution in [0.1, 0.15) is 32.6 Å². The maximum Gasteiger partial charge on any atom is 0.00671 e. The number of hydrogen-bond acceptors (Lipinski definition) is 2. The predicted octanol–water partition coefficient (Wildman–Crippen LogP) is 1.11. The van der Waals surface area contributed by atoms with Crippen molar-refractivity contribution in [3.8, 4) is 0 Å². The number of nitrogens with two attached hydrogens (primary N) is 1. The summed E-state index contributed by atoms with van der Waals surface area (Å²) >= 11 is 0. The molecule has 1 aliphatic rings. The lowest BCUT2D eigenvalue weighted by molar-refractivity contribution is 0.454. The highest BCUT2D eigenvalue weighted by molar-refractivity contribution is 4.74. The molecule has 0 aliphatic heterocycles. The molecule has 2 heteroatoms. The molecule has 66 valence electrons. The van der Waals surface area contributed by atoms with Gasteiger partial charge >= 0.3 is 0 Å². The van der Waals surface area contributed by atoms with Crippen LogP contribution in [0.25, 0.3) is 0 Å². The highest BCUT2D eigenvalue weighted by Crippen LogP contribution is 2.17. The Hall–Kier alpha value is -0.0800. The Labute approximate surface area is 69.5 Å². The van der Waals surface area contributed by atoms with E-state index in [1.165, 1.54) is 25.7 Å². The molecule has 11 heavy (non-hydrogen) atoms. The fourth-order valence-corrected chi connectivity index (χ4v) is 1.58. The first-order valence-corrected chi connectivity index (χ1v) is 4.76. The SMILES string of the molecule is CC(CN)CNC1CCCC1. The zero-order chi connectivity index (χ0) is 8.10. The highest BCUT2D eigenvalue weighted by atomic mass is 14.9. The Morgan fingerprint density at radius 2 is 2.09 bits per heavy atom. The van der Waals surface area contributed by atoms with Crippen LogP contribution in [0, 0.1) is 5.92 Å². The maximum atomic E-state index is 5.52. The van der Waals surface area contributed by atoms with E-state index in [1.807, 2.05) is 0 Å². The van der Waals surface area contributed by atoms with Crippen LogP contribution >= 0.6 is 0 Å². The van der Waals surface area contributed by atoms with Gasteiger partial charge in [-0.3, -0.25) is 0 Å². The molecule has 0 aromatic heterocycles. The second kappa shape index (κ2) is 4.73. The van der Waals surface area contributed by atoms with Crippen molar-refractivity contribution in [3.63, 3.8) is 0 Å². The molecule has 0 heterocycles. The van der Waals surface area contributed by atoms with Crippen LogP contribution in [0.4, 0.5) is 0 Å². The Kier molecular flexibility index (Phi) is 3.87. The first kappa shape index (κ1) is 9.01. The molecule has 2 nitrogen and oxygen atoms in total. The Bertz CT molecular complexity index is 97.7. The lowest BCUT2D eigenvalue weighted by atomic mass is 10.1. The summed E-state index contributed by atoms with van der Waals surface area (Å²) in [6, 6.07) is 0.795. The molecular weight excluding hydrogens is 136 g/mol. The van der Waals surface area contributed by atoms with E-state index in [4.69, 9.17) is 5.73 Å². The third-order valence-corrected chi connectivity index (χ3v) is 2.51. The van der Waals surface area contributed by atoms with Crippen LogP contribution < -0.4 is 11.1 Å². The van der Waals surface area contributed by atoms with Crippen molar-refractivity contribution >= 4 is 0 Å². The van der Waals surface area contributed by atoms with Crippen LogP contribution in [0.15, 0.2) is 0 Å². The van der Waals surface area contributed by atoms with E-state index >= 15 is 0 Å². The molecule has 0 aromatic rings. The van der Waals surface area contributed by atoms with E-state index in [-0.39, 0.29) is 0 Å². The van der Waals surface area contributed by atoms with Crippen LogP contribution in [-0.2, 0) is 0 Å². The van der Waals surface area contributed by atoms with E-state index in [1.54, 1.807) is 0 Å². The van der Waals surface area contributed by atoms with Crippen molar-refractivity contribution in [1.82, 2.24) is 5.32 Å². The van der Waals surface area contributed by atoms with Crippen LogP contribution in [0.2, 0.25) is 0 Å². The predicted molar refractivity (Wildman–Crippen MR) is 48.5 cm³/mol. The highest BCUT2D eigenvalue weighted by Gasteiger charge is 2.14. The fourth-order valence-electron chi connectivity index (χ4n) is 1.58. The maximum absolute atomic E-state index is 5.52. The molecule has 1 saturated carbocycles. The summed E-state index contributed by atoms with van der Waals surface area (Å²) < 4.78 is 0. The molecule has 0 aromatic carbocycles. The zero-order valence-corrected chi connectivity index (χ0v) is 7.47. The normalized spacial score (nSPS) is 22.4. The van der Waals surface area contributed by atoms with Gasteiger partial charge in [0.25, 0.3) is 0 Å². The minimum Gasteiger partial charge on any atom is -0.330 e. The van der Waals surface area contributed by atoms with Crippen molar-refractivity contribution in [2.24, 2.45) is 11.7 Å². The van der Waals surface area contributed by atoms with Crippen LogP contribution in [-0.4, -0.2) is 19.1 Å². The standard InChI is InChI=1S/C9H20N2/c1-8(6-10)7-11-9-4-2-3-5-9/h8-9,11H,2-7,10H2,1H3.